The molecule has 0 radical (unpaired) electrons. The van der Waals surface area contributed by atoms with Crippen LogP contribution in [-0.2, 0) is 11.2 Å². The van der Waals surface area contributed by atoms with E-state index in [2.05, 4.69) is 38.1 Å². The van der Waals surface area contributed by atoms with Gasteiger partial charge in [-0.1, -0.05) is 50.6 Å². The fraction of sp³-hybridized carbons (Fsp3) is 0.533. The van der Waals surface area contributed by atoms with E-state index in [1.54, 1.807) is 0 Å². The highest BCUT2D eigenvalue weighted by atomic mass is 16.1. The van der Waals surface area contributed by atoms with Gasteiger partial charge in [-0.3, -0.25) is 4.79 Å². The maximum absolute atomic E-state index is 10.9. The first-order valence-electron chi connectivity index (χ1n) is 6.32. The van der Waals surface area contributed by atoms with Gasteiger partial charge in [-0.05, 0) is 30.2 Å². The molecule has 0 unspecified atom stereocenters. The van der Waals surface area contributed by atoms with E-state index in [9.17, 15) is 4.79 Å². The van der Waals surface area contributed by atoms with Crippen LogP contribution in [0.1, 0.15) is 45.1 Å². The second-order valence-electron chi connectivity index (χ2n) is 5.50. The maximum atomic E-state index is 10.9. The van der Waals surface area contributed by atoms with Gasteiger partial charge in [0.1, 0.15) is 0 Å². The first-order valence-corrected chi connectivity index (χ1v) is 6.32. The van der Waals surface area contributed by atoms with Crippen LogP contribution < -0.4 is 5.73 Å². The Kier molecular flexibility index (Phi) is 5.20. The van der Waals surface area contributed by atoms with E-state index >= 15 is 0 Å². The van der Waals surface area contributed by atoms with Gasteiger partial charge < -0.3 is 5.73 Å². The molecule has 0 aliphatic carbocycles. The Bertz CT molecular complexity index is 343. The lowest BCUT2D eigenvalue weighted by molar-refractivity contribution is -0.120. The zero-order valence-electron chi connectivity index (χ0n) is 10.9. The lowest BCUT2D eigenvalue weighted by Crippen LogP contribution is -2.22. The predicted molar refractivity (Wildman–Crippen MR) is 71.6 cm³/mol. The summed E-state index contributed by atoms with van der Waals surface area (Å²) >= 11 is 0. The third-order valence-electron chi connectivity index (χ3n) is 3.06. The van der Waals surface area contributed by atoms with Gasteiger partial charge >= 0.3 is 0 Å². The molecular weight excluding hydrogens is 210 g/mol. The highest BCUT2D eigenvalue weighted by Crippen LogP contribution is 2.27. The fourth-order valence-corrected chi connectivity index (χ4v) is 2.14. The Balaban J connectivity index is 2.22. The topological polar surface area (TPSA) is 43.1 Å². The summed E-state index contributed by atoms with van der Waals surface area (Å²) < 4.78 is 0. The van der Waals surface area contributed by atoms with Crippen LogP contribution in [0.3, 0.4) is 0 Å². The molecular formula is C15H23NO. The van der Waals surface area contributed by atoms with Gasteiger partial charge in [0, 0.05) is 6.42 Å². The average Bonchev–Trinajstić information content (AvgIpc) is 2.24. The minimum atomic E-state index is -0.196. The van der Waals surface area contributed by atoms with Crippen molar-refractivity contribution in [3.05, 3.63) is 35.9 Å². The minimum absolute atomic E-state index is 0.0442. The summed E-state index contributed by atoms with van der Waals surface area (Å²) in [5, 5.41) is 0. The van der Waals surface area contributed by atoms with Crippen molar-refractivity contribution in [1.29, 1.82) is 0 Å². The lowest BCUT2D eigenvalue weighted by atomic mass is 9.83. The molecule has 0 aromatic heterocycles. The van der Waals surface area contributed by atoms with Crippen LogP contribution in [0.25, 0.3) is 0 Å². The van der Waals surface area contributed by atoms with Crippen molar-refractivity contribution in [3.63, 3.8) is 0 Å². The molecule has 0 heterocycles. The third-order valence-corrected chi connectivity index (χ3v) is 3.06. The van der Waals surface area contributed by atoms with E-state index < -0.39 is 0 Å². The first-order chi connectivity index (χ1) is 7.99. The zero-order valence-corrected chi connectivity index (χ0v) is 10.9. The van der Waals surface area contributed by atoms with Crippen molar-refractivity contribution >= 4 is 5.91 Å². The van der Waals surface area contributed by atoms with Crippen molar-refractivity contribution < 1.29 is 4.79 Å². The molecule has 0 atom stereocenters. The highest BCUT2D eigenvalue weighted by Gasteiger charge is 2.19. The average molecular weight is 233 g/mol. The number of carbonyl (C=O) groups excluding carboxylic acids is 1. The van der Waals surface area contributed by atoms with Gasteiger partial charge in [0.25, 0.3) is 0 Å². The summed E-state index contributed by atoms with van der Waals surface area (Å²) in [6, 6.07) is 10.5. The van der Waals surface area contributed by atoms with E-state index in [0.717, 1.165) is 19.3 Å². The van der Waals surface area contributed by atoms with Crippen molar-refractivity contribution in [1.82, 2.24) is 0 Å². The standard InChI is InChI=1S/C15H23NO/c1-15(2,12-14(16)17)11-7-6-10-13-8-4-3-5-9-13/h3-5,8-9H,6-7,10-12H2,1-2H3,(H2,16,17). The summed E-state index contributed by atoms with van der Waals surface area (Å²) in [6.07, 6.45) is 4.98. The molecule has 0 fully saturated rings. The number of primary amides is 1. The number of benzene rings is 1. The molecule has 1 rings (SSSR count). The molecule has 0 spiro atoms. The quantitative estimate of drug-likeness (QED) is 0.721. The Morgan fingerprint density at radius 2 is 1.82 bits per heavy atom. The van der Waals surface area contributed by atoms with Crippen molar-refractivity contribution in [2.24, 2.45) is 11.1 Å². The molecule has 1 aromatic carbocycles. The predicted octanol–water partition coefficient (Wildman–Crippen LogP) is 3.30. The Labute approximate surface area is 104 Å². The van der Waals surface area contributed by atoms with Crippen LogP contribution in [0.2, 0.25) is 0 Å². The molecule has 1 aromatic rings. The number of hydrogen-bond acceptors (Lipinski definition) is 1. The molecule has 17 heavy (non-hydrogen) atoms. The molecule has 2 heteroatoms. The Morgan fingerprint density at radius 3 is 2.41 bits per heavy atom. The molecule has 0 saturated heterocycles. The van der Waals surface area contributed by atoms with Gasteiger partial charge in [0.05, 0.1) is 0 Å². The smallest absolute Gasteiger partial charge is 0.217 e. The number of rotatable bonds is 7. The van der Waals surface area contributed by atoms with E-state index in [1.165, 1.54) is 12.0 Å². The number of hydrogen-bond donors (Lipinski definition) is 1. The van der Waals surface area contributed by atoms with E-state index in [-0.39, 0.29) is 11.3 Å². The first kappa shape index (κ1) is 13.8. The zero-order chi connectivity index (χ0) is 12.7. The van der Waals surface area contributed by atoms with Crippen molar-refractivity contribution in [2.75, 3.05) is 0 Å². The maximum Gasteiger partial charge on any atom is 0.217 e. The molecule has 0 bridgehead atoms. The number of aryl methyl sites for hydroxylation is 1. The van der Waals surface area contributed by atoms with E-state index in [1.807, 2.05) is 6.07 Å². The molecule has 0 aliphatic rings. The summed E-state index contributed by atoms with van der Waals surface area (Å²) in [5.74, 6) is -0.196. The van der Waals surface area contributed by atoms with Gasteiger partial charge in [0.15, 0.2) is 0 Å². The highest BCUT2D eigenvalue weighted by molar-refractivity contribution is 5.74. The van der Waals surface area contributed by atoms with E-state index in [4.69, 9.17) is 5.73 Å². The van der Waals surface area contributed by atoms with Crippen LogP contribution in [0.5, 0.6) is 0 Å². The SMILES string of the molecule is CC(C)(CCCCc1ccccc1)CC(N)=O. The molecule has 2 nitrogen and oxygen atoms in total. The Morgan fingerprint density at radius 1 is 1.18 bits per heavy atom. The summed E-state index contributed by atoms with van der Waals surface area (Å²) in [5.41, 5.74) is 6.67. The van der Waals surface area contributed by atoms with Crippen LogP contribution in [-0.4, -0.2) is 5.91 Å². The monoisotopic (exact) mass is 233 g/mol. The minimum Gasteiger partial charge on any atom is -0.370 e. The van der Waals surface area contributed by atoms with Crippen LogP contribution >= 0.6 is 0 Å². The van der Waals surface area contributed by atoms with Crippen LogP contribution in [0, 0.1) is 5.41 Å². The number of nitrogens with two attached hydrogens (primary N) is 1. The van der Waals surface area contributed by atoms with Crippen molar-refractivity contribution in [3.8, 4) is 0 Å². The number of amides is 1. The summed E-state index contributed by atoms with van der Waals surface area (Å²) in [7, 11) is 0. The Hall–Kier alpha value is -1.31. The molecule has 2 N–H and O–H groups in total. The molecule has 1 amide bonds. The molecule has 0 aliphatic heterocycles. The second kappa shape index (κ2) is 6.43. The largest absolute Gasteiger partial charge is 0.370 e. The lowest BCUT2D eigenvalue weighted by Gasteiger charge is -2.22. The number of unbranched alkanes of at least 4 members (excludes halogenated alkanes) is 1. The number of carbonyl (C=O) groups is 1. The normalized spacial score (nSPS) is 11.4. The van der Waals surface area contributed by atoms with Crippen LogP contribution in [0.4, 0.5) is 0 Å². The van der Waals surface area contributed by atoms with Gasteiger partial charge in [0.2, 0.25) is 5.91 Å². The second-order valence-corrected chi connectivity index (χ2v) is 5.50. The summed E-state index contributed by atoms with van der Waals surface area (Å²) in [4.78, 5) is 10.9. The van der Waals surface area contributed by atoms with Gasteiger partial charge in [-0.15, -0.1) is 0 Å². The summed E-state index contributed by atoms with van der Waals surface area (Å²) in [6.45, 7) is 4.22. The third kappa shape index (κ3) is 6.10. The van der Waals surface area contributed by atoms with E-state index in [0.29, 0.717) is 6.42 Å². The molecule has 0 saturated carbocycles. The van der Waals surface area contributed by atoms with Gasteiger partial charge in [-0.25, -0.2) is 0 Å². The fourth-order valence-electron chi connectivity index (χ4n) is 2.14. The van der Waals surface area contributed by atoms with Crippen LogP contribution in [0.15, 0.2) is 30.3 Å². The van der Waals surface area contributed by atoms with Gasteiger partial charge in [-0.2, -0.15) is 0 Å². The van der Waals surface area contributed by atoms with Crippen molar-refractivity contribution in [2.45, 2.75) is 46.0 Å². The molecule has 94 valence electrons.